The fourth-order valence-corrected chi connectivity index (χ4v) is 4.01. The first-order chi connectivity index (χ1) is 18.4. The molecule has 2 rings (SSSR count). The number of benzene rings is 1. The van der Waals surface area contributed by atoms with Gasteiger partial charge in [0, 0.05) is 51.9 Å². The molecule has 0 spiro atoms. The molecule has 0 bridgehead atoms. The summed E-state index contributed by atoms with van der Waals surface area (Å²) in [7, 11) is 0. The van der Waals surface area contributed by atoms with Crippen molar-refractivity contribution in [2.45, 2.75) is 78.8 Å². The Morgan fingerprint density at radius 3 is 1.97 bits per heavy atom. The maximum absolute atomic E-state index is 12.0. The van der Waals surface area contributed by atoms with Gasteiger partial charge in [-0.25, -0.2) is 0 Å². The third kappa shape index (κ3) is 9.18. The van der Waals surface area contributed by atoms with Crippen LogP contribution in [-0.4, -0.2) is 84.1 Å². The molecular weight excluding hydrogens is 520 g/mol. The number of esters is 4. The van der Waals surface area contributed by atoms with Crippen LogP contribution in [0, 0.1) is 10.1 Å². The lowest BCUT2D eigenvalue weighted by atomic mass is 9.98. The summed E-state index contributed by atoms with van der Waals surface area (Å²) < 4.78 is 33.3. The van der Waals surface area contributed by atoms with Crippen LogP contribution in [0.2, 0.25) is 0 Å². The number of hydrogen-bond acceptors (Lipinski definition) is 13. The minimum atomic E-state index is -1.46. The normalized spacial score (nSPS) is 22.5. The molecule has 1 heterocycles. The number of nitro benzene ring substituents is 1. The average Bonchev–Trinajstić information content (AvgIpc) is 2.84. The van der Waals surface area contributed by atoms with Crippen LogP contribution in [-0.2, 0) is 49.4 Å². The highest BCUT2D eigenvalue weighted by atomic mass is 16.7. The average molecular weight is 555 g/mol. The minimum Gasteiger partial charge on any atom is -0.463 e. The summed E-state index contributed by atoms with van der Waals surface area (Å²) in [5, 5.41) is 11.4. The third-order valence-corrected chi connectivity index (χ3v) is 5.73. The van der Waals surface area contributed by atoms with Crippen molar-refractivity contribution in [3.63, 3.8) is 0 Å². The van der Waals surface area contributed by atoms with Gasteiger partial charge < -0.3 is 28.4 Å². The van der Waals surface area contributed by atoms with Crippen LogP contribution in [0.5, 0.6) is 5.75 Å². The topological polar surface area (TPSA) is 170 Å². The molecule has 0 saturated carbocycles. The van der Waals surface area contributed by atoms with Gasteiger partial charge in [-0.2, -0.15) is 0 Å². The van der Waals surface area contributed by atoms with Gasteiger partial charge in [-0.15, -0.1) is 0 Å². The zero-order valence-corrected chi connectivity index (χ0v) is 22.7. The van der Waals surface area contributed by atoms with Gasteiger partial charge in [0.1, 0.15) is 18.5 Å². The minimum absolute atomic E-state index is 0.161. The molecule has 0 unspecified atom stereocenters. The number of rotatable bonds is 12. The summed E-state index contributed by atoms with van der Waals surface area (Å²) in [6, 6.07) is 3.98. The van der Waals surface area contributed by atoms with E-state index in [1.165, 1.54) is 25.1 Å². The van der Waals surface area contributed by atoms with Crippen LogP contribution in [0.15, 0.2) is 18.2 Å². The molecular formula is C25H34N2O12. The van der Waals surface area contributed by atoms with Crippen LogP contribution in [0.4, 0.5) is 5.69 Å². The summed E-state index contributed by atoms with van der Waals surface area (Å²) >= 11 is 0. The number of non-ortho nitro benzene ring substituents is 1. The van der Waals surface area contributed by atoms with E-state index < -0.39 is 66.1 Å². The van der Waals surface area contributed by atoms with Crippen LogP contribution < -0.4 is 4.74 Å². The first-order valence-corrected chi connectivity index (χ1v) is 12.3. The molecule has 0 aliphatic carbocycles. The van der Waals surface area contributed by atoms with Crippen molar-refractivity contribution in [1.82, 2.24) is 4.90 Å². The highest BCUT2D eigenvalue weighted by Crippen LogP contribution is 2.33. The summed E-state index contributed by atoms with van der Waals surface area (Å²) in [5.41, 5.74) is 0.284. The molecule has 0 radical (unpaired) electrons. The van der Waals surface area contributed by atoms with E-state index in [4.69, 9.17) is 28.4 Å². The number of carbonyl (C=O) groups is 4. The SMILES string of the molecule is CCN(CC)Cc1cc([N+](=O)[O-])ccc1O[C@@H]1O[C@H](COC(C)=O)[C@H](OC(C)=O)[C@H](OC(C)=O)[C@H]1OC(C)=O. The van der Waals surface area contributed by atoms with E-state index in [9.17, 15) is 29.3 Å². The van der Waals surface area contributed by atoms with E-state index in [1.54, 1.807) is 0 Å². The van der Waals surface area contributed by atoms with Crippen LogP contribution in [0.3, 0.4) is 0 Å². The van der Waals surface area contributed by atoms with E-state index in [-0.39, 0.29) is 18.0 Å². The predicted molar refractivity (Wildman–Crippen MR) is 132 cm³/mol. The Labute approximate surface area is 225 Å². The Morgan fingerprint density at radius 2 is 1.46 bits per heavy atom. The number of nitro groups is 1. The molecule has 1 aromatic rings. The van der Waals surface area contributed by atoms with E-state index >= 15 is 0 Å². The molecule has 14 heteroatoms. The van der Waals surface area contributed by atoms with E-state index in [2.05, 4.69) is 0 Å². The first kappa shape index (κ1) is 31.4. The molecule has 1 aromatic carbocycles. The van der Waals surface area contributed by atoms with E-state index in [1.807, 2.05) is 18.7 Å². The first-order valence-electron chi connectivity index (χ1n) is 12.3. The quantitative estimate of drug-likeness (QED) is 0.159. The second-order valence-electron chi connectivity index (χ2n) is 8.70. The van der Waals surface area contributed by atoms with Gasteiger partial charge in [-0.3, -0.25) is 34.2 Å². The Kier molecular flexibility index (Phi) is 11.6. The predicted octanol–water partition coefficient (Wildman–Crippen LogP) is 1.90. The maximum atomic E-state index is 12.0. The molecule has 0 amide bonds. The Hall–Kier alpha value is -3.78. The van der Waals surface area contributed by atoms with Gasteiger partial charge in [0.05, 0.1) is 4.92 Å². The van der Waals surface area contributed by atoms with Crippen molar-refractivity contribution >= 4 is 29.6 Å². The van der Waals surface area contributed by atoms with Crippen molar-refractivity contribution < 1.29 is 52.5 Å². The van der Waals surface area contributed by atoms with Gasteiger partial charge in [0.25, 0.3) is 5.69 Å². The summed E-state index contributed by atoms with van der Waals surface area (Å²) in [6.45, 7) is 9.55. The van der Waals surface area contributed by atoms with Crippen molar-refractivity contribution in [1.29, 1.82) is 0 Å². The fraction of sp³-hybridized carbons (Fsp3) is 0.600. The second-order valence-corrected chi connectivity index (χ2v) is 8.70. The van der Waals surface area contributed by atoms with Crippen molar-refractivity contribution in [3.05, 3.63) is 33.9 Å². The molecule has 14 nitrogen and oxygen atoms in total. The highest BCUT2D eigenvalue weighted by molar-refractivity contribution is 5.68. The molecule has 39 heavy (non-hydrogen) atoms. The fourth-order valence-electron chi connectivity index (χ4n) is 4.01. The monoisotopic (exact) mass is 554 g/mol. The number of carbonyl (C=O) groups excluding carboxylic acids is 4. The van der Waals surface area contributed by atoms with Crippen LogP contribution in [0.25, 0.3) is 0 Å². The molecule has 0 aromatic heterocycles. The molecule has 1 aliphatic rings. The molecule has 5 atom stereocenters. The van der Waals surface area contributed by atoms with Gasteiger partial charge in [0.15, 0.2) is 12.2 Å². The maximum Gasteiger partial charge on any atom is 0.303 e. The zero-order chi connectivity index (χ0) is 29.3. The zero-order valence-electron chi connectivity index (χ0n) is 22.7. The van der Waals surface area contributed by atoms with E-state index in [0.29, 0.717) is 18.7 Å². The van der Waals surface area contributed by atoms with Crippen LogP contribution >= 0.6 is 0 Å². The standard InChI is InChI=1S/C25H34N2O12/c1-7-26(8-2)12-18-11-19(27(32)33)9-10-20(18)38-25-24(37-17(6)31)23(36-16(5)30)22(35-15(4)29)21(39-25)13-34-14(3)28/h9-11,21-25H,7-8,12-13H2,1-6H3/t21-,22+,23+,24-,25-/m1/s1. The Bertz CT molecular complexity index is 1060. The third-order valence-electron chi connectivity index (χ3n) is 5.73. The van der Waals surface area contributed by atoms with Gasteiger partial charge in [-0.05, 0) is 19.2 Å². The Morgan fingerprint density at radius 1 is 0.897 bits per heavy atom. The lowest BCUT2D eigenvalue weighted by Crippen LogP contribution is -2.63. The molecule has 1 aliphatic heterocycles. The smallest absolute Gasteiger partial charge is 0.303 e. The Balaban J connectivity index is 2.58. The summed E-state index contributed by atoms with van der Waals surface area (Å²) in [4.78, 5) is 60.4. The van der Waals surface area contributed by atoms with Crippen molar-refractivity contribution in [2.24, 2.45) is 0 Å². The number of nitrogens with zero attached hydrogens (tertiary/aromatic N) is 2. The highest BCUT2D eigenvalue weighted by Gasteiger charge is 2.53. The molecule has 216 valence electrons. The van der Waals surface area contributed by atoms with Gasteiger partial charge in [0.2, 0.25) is 12.4 Å². The van der Waals surface area contributed by atoms with Gasteiger partial charge >= 0.3 is 23.9 Å². The van der Waals surface area contributed by atoms with Gasteiger partial charge in [-0.1, -0.05) is 13.8 Å². The van der Waals surface area contributed by atoms with Crippen molar-refractivity contribution in [3.8, 4) is 5.75 Å². The van der Waals surface area contributed by atoms with Crippen LogP contribution in [0.1, 0.15) is 47.1 Å². The number of ether oxygens (including phenoxy) is 6. The lowest BCUT2D eigenvalue weighted by Gasteiger charge is -2.44. The number of hydrogen-bond donors (Lipinski definition) is 0. The summed E-state index contributed by atoms with van der Waals surface area (Å²) in [6.07, 6.45) is -6.81. The molecule has 1 saturated heterocycles. The summed E-state index contributed by atoms with van der Waals surface area (Å²) in [5.74, 6) is -2.79. The largest absolute Gasteiger partial charge is 0.463 e. The lowest BCUT2D eigenvalue weighted by molar-refractivity contribution is -0.385. The van der Waals surface area contributed by atoms with E-state index in [0.717, 1.165) is 20.8 Å². The van der Waals surface area contributed by atoms with Crippen molar-refractivity contribution in [2.75, 3.05) is 19.7 Å². The molecule has 0 N–H and O–H groups in total. The second kappa shape index (κ2) is 14.4. The molecule has 1 fully saturated rings.